The number of rotatable bonds is 5. The molecule has 0 aliphatic carbocycles. The average Bonchev–Trinajstić information content (AvgIpc) is 2.46. The van der Waals surface area contributed by atoms with Gasteiger partial charge in [0, 0.05) is 19.2 Å². The highest BCUT2D eigenvalue weighted by atomic mass is 79.9. The molecule has 0 radical (unpaired) electrons. The van der Waals surface area contributed by atoms with Crippen molar-refractivity contribution < 1.29 is 4.74 Å². The molecule has 2 aromatic rings. The normalized spacial score (nSPS) is 10.7. The van der Waals surface area contributed by atoms with Gasteiger partial charge in [0.25, 0.3) is 0 Å². The van der Waals surface area contributed by atoms with Crippen molar-refractivity contribution in [3.63, 3.8) is 0 Å². The van der Waals surface area contributed by atoms with Crippen molar-refractivity contribution in [2.24, 2.45) is 0 Å². The lowest BCUT2D eigenvalue weighted by molar-refractivity contribution is 0.181. The second-order valence-corrected chi connectivity index (χ2v) is 5.86. The van der Waals surface area contributed by atoms with Gasteiger partial charge in [0.1, 0.15) is 5.82 Å². The molecule has 1 N–H and O–H groups in total. The molecule has 0 atom stereocenters. The van der Waals surface area contributed by atoms with E-state index in [-0.39, 0.29) is 0 Å². The number of hydrogen-bond acceptors (Lipinski definition) is 4. The van der Waals surface area contributed by atoms with E-state index < -0.39 is 0 Å². The van der Waals surface area contributed by atoms with Crippen LogP contribution in [-0.2, 0) is 11.3 Å². The zero-order valence-corrected chi connectivity index (χ0v) is 14.7. The number of nitrogens with one attached hydrogen (secondary N) is 1. The van der Waals surface area contributed by atoms with Crippen LogP contribution in [0.3, 0.4) is 0 Å². The van der Waals surface area contributed by atoms with Crippen LogP contribution >= 0.6 is 39.1 Å². The minimum atomic E-state index is 0.385. The molecular formula is C14H14BrCl2N3O. The molecule has 0 spiro atoms. The predicted molar refractivity (Wildman–Crippen MR) is 90.1 cm³/mol. The van der Waals surface area contributed by atoms with Gasteiger partial charge in [-0.05, 0) is 41.1 Å². The zero-order chi connectivity index (χ0) is 15.4. The highest BCUT2D eigenvalue weighted by molar-refractivity contribution is 9.10. The number of nitrogens with zero attached hydrogens (tertiary/aromatic N) is 2. The first-order valence-electron chi connectivity index (χ1n) is 6.31. The Kier molecular flexibility index (Phi) is 5.81. The number of hydrogen-bond donors (Lipinski definition) is 1. The molecule has 0 bridgehead atoms. The number of halogens is 3. The van der Waals surface area contributed by atoms with E-state index in [0.717, 1.165) is 28.1 Å². The van der Waals surface area contributed by atoms with Gasteiger partial charge in [0.05, 0.1) is 26.8 Å². The molecule has 0 amide bonds. The molecule has 2 rings (SSSR count). The van der Waals surface area contributed by atoms with Crippen molar-refractivity contribution in [2.75, 3.05) is 19.0 Å². The Labute approximate surface area is 142 Å². The van der Waals surface area contributed by atoms with Crippen LogP contribution in [0.4, 0.5) is 5.82 Å². The summed E-state index contributed by atoms with van der Waals surface area (Å²) < 4.78 is 5.98. The Balaban J connectivity index is 2.53. The predicted octanol–water partition coefficient (Wildman–Crippen LogP) is 4.79. The first-order chi connectivity index (χ1) is 10.1. The molecule has 1 heterocycles. The van der Waals surface area contributed by atoms with E-state index in [1.165, 1.54) is 0 Å². The molecule has 0 fully saturated rings. The largest absolute Gasteiger partial charge is 0.378 e. The summed E-state index contributed by atoms with van der Waals surface area (Å²) in [5.41, 5.74) is 1.57. The summed E-state index contributed by atoms with van der Waals surface area (Å²) in [4.78, 5) is 9.04. The summed E-state index contributed by atoms with van der Waals surface area (Å²) in [6, 6.07) is 5.32. The van der Waals surface area contributed by atoms with Crippen LogP contribution in [0.2, 0.25) is 10.0 Å². The average molecular weight is 391 g/mol. The van der Waals surface area contributed by atoms with E-state index in [2.05, 4.69) is 31.2 Å². The summed E-state index contributed by atoms with van der Waals surface area (Å²) in [6.45, 7) is 3.14. The van der Waals surface area contributed by atoms with Gasteiger partial charge in [0.2, 0.25) is 0 Å². The Morgan fingerprint density at radius 3 is 2.62 bits per heavy atom. The first kappa shape index (κ1) is 16.5. The van der Waals surface area contributed by atoms with Crippen LogP contribution in [0, 0.1) is 0 Å². The summed E-state index contributed by atoms with van der Waals surface area (Å²) >= 11 is 15.5. The molecule has 0 saturated heterocycles. The molecule has 112 valence electrons. The minimum Gasteiger partial charge on any atom is -0.378 e. The van der Waals surface area contributed by atoms with E-state index in [4.69, 9.17) is 27.9 Å². The Morgan fingerprint density at radius 2 is 2.00 bits per heavy atom. The van der Waals surface area contributed by atoms with E-state index in [0.29, 0.717) is 22.5 Å². The summed E-state index contributed by atoms with van der Waals surface area (Å²) in [5, 5.41) is 4.17. The molecule has 4 nitrogen and oxygen atoms in total. The monoisotopic (exact) mass is 389 g/mol. The van der Waals surface area contributed by atoms with Crippen molar-refractivity contribution in [1.82, 2.24) is 9.97 Å². The van der Waals surface area contributed by atoms with E-state index in [1.807, 2.05) is 13.0 Å². The van der Waals surface area contributed by atoms with Gasteiger partial charge in [-0.2, -0.15) is 0 Å². The quantitative estimate of drug-likeness (QED) is 0.797. The van der Waals surface area contributed by atoms with Gasteiger partial charge in [-0.3, -0.25) is 0 Å². The number of benzene rings is 1. The highest BCUT2D eigenvalue weighted by Gasteiger charge is 2.14. The van der Waals surface area contributed by atoms with Crippen LogP contribution in [-0.4, -0.2) is 23.6 Å². The zero-order valence-electron chi connectivity index (χ0n) is 11.6. The van der Waals surface area contributed by atoms with E-state index in [1.54, 1.807) is 19.2 Å². The SMILES string of the molecule is CCNc1nc(-c2ccc(Cl)c(Cl)c2)nc(COC)c1Br. The van der Waals surface area contributed by atoms with Crippen molar-refractivity contribution in [1.29, 1.82) is 0 Å². The fourth-order valence-electron chi connectivity index (χ4n) is 1.77. The van der Waals surface area contributed by atoms with Crippen LogP contribution in [0.5, 0.6) is 0 Å². The third kappa shape index (κ3) is 3.86. The summed E-state index contributed by atoms with van der Waals surface area (Å²) in [7, 11) is 1.63. The molecular weight excluding hydrogens is 377 g/mol. The van der Waals surface area contributed by atoms with Gasteiger partial charge in [-0.1, -0.05) is 23.2 Å². The number of methoxy groups -OCH3 is 1. The Morgan fingerprint density at radius 1 is 1.24 bits per heavy atom. The van der Waals surface area contributed by atoms with E-state index >= 15 is 0 Å². The molecule has 21 heavy (non-hydrogen) atoms. The maximum atomic E-state index is 6.06. The second-order valence-electron chi connectivity index (χ2n) is 4.25. The summed E-state index contributed by atoms with van der Waals surface area (Å²) in [5.74, 6) is 1.29. The van der Waals surface area contributed by atoms with Crippen LogP contribution in [0.15, 0.2) is 22.7 Å². The topological polar surface area (TPSA) is 47.0 Å². The molecule has 0 unspecified atom stereocenters. The fraction of sp³-hybridized carbons (Fsp3) is 0.286. The van der Waals surface area contributed by atoms with Crippen molar-refractivity contribution in [3.8, 4) is 11.4 Å². The van der Waals surface area contributed by atoms with Gasteiger partial charge in [-0.15, -0.1) is 0 Å². The molecule has 1 aromatic carbocycles. The lowest BCUT2D eigenvalue weighted by Gasteiger charge is -2.12. The standard InChI is InChI=1S/C14H14BrCl2N3O/c1-3-18-14-12(15)11(7-21-2)19-13(20-14)8-4-5-9(16)10(17)6-8/h4-6H,3,7H2,1-2H3,(H,18,19,20). The van der Waals surface area contributed by atoms with E-state index in [9.17, 15) is 0 Å². The van der Waals surface area contributed by atoms with Gasteiger partial charge in [0.15, 0.2) is 5.82 Å². The third-order valence-corrected chi connectivity index (χ3v) is 4.30. The van der Waals surface area contributed by atoms with Gasteiger partial charge < -0.3 is 10.1 Å². The highest BCUT2D eigenvalue weighted by Crippen LogP contribution is 2.30. The third-order valence-electron chi connectivity index (χ3n) is 2.72. The maximum absolute atomic E-state index is 6.06. The summed E-state index contributed by atoms with van der Waals surface area (Å²) in [6.07, 6.45) is 0. The molecule has 0 aliphatic rings. The minimum absolute atomic E-state index is 0.385. The molecule has 0 saturated carbocycles. The number of aromatic nitrogens is 2. The van der Waals surface area contributed by atoms with Crippen LogP contribution in [0.1, 0.15) is 12.6 Å². The number of ether oxygens (including phenoxy) is 1. The smallest absolute Gasteiger partial charge is 0.161 e. The lowest BCUT2D eigenvalue weighted by atomic mass is 10.2. The van der Waals surface area contributed by atoms with Crippen molar-refractivity contribution >= 4 is 44.9 Å². The Hall–Kier alpha value is -0.880. The first-order valence-corrected chi connectivity index (χ1v) is 7.86. The molecule has 1 aromatic heterocycles. The van der Waals surface area contributed by atoms with Crippen molar-refractivity contribution in [3.05, 3.63) is 38.4 Å². The van der Waals surface area contributed by atoms with Crippen molar-refractivity contribution in [2.45, 2.75) is 13.5 Å². The number of anilines is 1. The maximum Gasteiger partial charge on any atom is 0.161 e. The van der Waals surface area contributed by atoms with Crippen LogP contribution in [0.25, 0.3) is 11.4 Å². The Bertz CT molecular complexity index is 625. The second kappa shape index (κ2) is 7.40. The molecule has 0 aliphatic heterocycles. The lowest BCUT2D eigenvalue weighted by Crippen LogP contribution is -2.06. The van der Waals surface area contributed by atoms with Crippen LogP contribution < -0.4 is 5.32 Å². The van der Waals surface area contributed by atoms with Gasteiger partial charge >= 0.3 is 0 Å². The molecule has 7 heteroatoms. The van der Waals surface area contributed by atoms with Gasteiger partial charge in [-0.25, -0.2) is 9.97 Å². The fourth-order valence-corrected chi connectivity index (χ4v) is 2.50.